The van der Waals surface area contributed by atoms with E-state index in [-0.39, 0.29) is 29.9 Å². The van der Waals surface area contributed by atoms with Gasteiger partial charge in [0.1, 0.15) is 5.69 Å². The summed E-state index contributed by atoms with van der Waals surface area (Å²) in [5.74, 6) is -3.14. The SMILES string of the molecule is CC1(C)[C@@H](C(=O)O)CC[C@@]1(C)C(=NNc1ccc([NH+]([O-])O)cc1[NH+]([O-])O)C(=O)O. The molecule has 0 heterocycles. The van der Waals surface area contributed by atoms with Crippen LogP contribution in [0.5, 0.6) is 0 Å². The minimum Gasteiger partial charge on any atom is -0.595 e. The molecular formula is C17H24N4O8. The first-order chi connectivity index (χ1) is 13.3. The summed E-state index contributed by atoms with van der Waals surface area (Å²) in [4.78, 5) is 23.5. The maximum atomic E-state index is 11.9. The average molecular weight is 412 g/mol. The Morgan fingerprint density at radius 2 is 1.79 bits per heavy atom. The molecule has 0 aromatic heterocycles. The summed E-state index contributed by atoms with van der Waals surface area (Å²) < 4.78 is 0. The van der Waals surface area contributed by atoms with Crippen molar-refractivity contribution in [1.82, 2.24) is 0 Å². The lowest BCUT2D eigenvalue weighted by atomic mass is 9.63. The molecule has 12 nitrogen and oxygen atoms in total. The molecule has 12 heteroatoms. The minimum atomic E-state index is -1.42. The predicted molar refractivity (Wildman–Crippen MR) is 98.9 cm³/mol. The molecule has 1 aromatic carbocycles. The highest BCUT2D eigenvalue weighted by atomic mass is 16.8. The van der Waals surface area contributed by atoms with Gasteiger partial charge in [0.2, 0.25) is 0 Å². The van der Waals surface area contributed by atoms with Gasteiger partial charge in [0.15, 0.2) is 17.1 Å². The molecule has 0 aliphatic heterocycles. The smallest absolute Gasteiger partial charge is 0.352 e. The third kappa shape index (κ3) is 4.07. The van der Waals surface area contributed by atoms with Crippen molar-refractivity contribution in [2.75, 3.05) is 5.43 Å². The molecular weight excluding hydrogens is 388 g/mol. The third-order valence-corrected chi connectivity index (χ3v) is 6.03. The number of hydrogen-bond donors (Lipinski definition) is 7. The fourth-order valence-electron chi connectivity index (χ4n) is 3.83. The molecule has 1 fully saturated rings. The Kier molecular flexibility index (Phi) is 6.27. The first-order valence-electron chi connectivity index (χ1n) is 8.74. The van der Waals surface area contributed by atoms with Crippen LogP contribution < -0.4 is 15.9 Å². The lowest BCUT2D eigenvalue weighted by Gasteiger charge is -2.39. The van der Waals surface area contributed by atoms with Crippen molar-refractivity contribution in [2.45, 2.75) is 33.6 Å². The van der Waals surface area contributed by atoms with E-state index in [1.807, 2.05) is 0 Å². The molecule has 2 rings (SSSR count). The number of benzene rings is 1. The minimum absolute atomic E-state index is 0.0876. The number of anilines is 1. The van der Waals surface area contributed by atoms with Crippen LogP contribution in [0.4, 0.5) is 17.1 Å². The number of nitrogens with zero attached hydrogens (tertiary/aromatic N) is 1. The first kappa shape index (κ1) is 22.7. The number of rotatable bonds is 7. The first-order valence-corrected chi connectivity index (χ1v) is 8.74. The van der Waals surface area contributed by atoms with Gasteiger partial charge in [-0.1, -0.05) is 20.8 Å². The Morgan fingerprint density at radius 1 is 1.17 bits per heavy atom. The van der Waals surface area contributed by atoms with E-state index in [2.05, 4.69) is 10.5 Å². The normalized spacial score (nSPS) is 26.0. The number of carbonyl (C=O) groups is 2. The summed E-state index contributed by atoms with van der Waals surface area (Å²) in [6.45, 7) is 4.96. The average Bonchev–Trinajstić information content (AvgIpc) is 2.84. The van der Waals surface area contributed by atoms with Crippen LogP contribution >= 0.6 is 0 Å². The maximum Gasteiger partial charge on any atom is 0.352 e. The van der Waals surface area contributed by atoms with Crippen LogP contribution in [0.25, 0.3) is 0 Å². The van der Waals surface area contributed by atoms with E-state index in [1.165, 1.54) is 6.07 Å². The molecule has 29 heavy (non-hydrogen) atoms. The Hall–Kier alpha value is -2.61. The summed E-state index contributed by atoms with van der Waals surface area (Å²) in [7, 11) is 0. The zero-order valence-electron chi connectivity index (χ0n) is 16.1. The number of carboxylic acid groups (broad SMARTS) is 2. The molecule has 1 saturated carbocycles. The van der Waals surface area contributed by atoms with Gasteiger partial charge in [-0.3, -0.25) is 10.2 Å². The summed E-state index contributed by atoms with van der Waals surface area (Å²) in [5, 5.41) is 61.2. The lowest BCUT2D eigenvalue weighted by Crippen LogP contribution is -3.00. The van der Waals surface area contributed by atoms with Crippen LogP contribution in [0, 0.1) is 27.2 Å². The molecule has 0 amide bonds. The third-order valence-electron chi connectivity index (χ3n) is 6.03. The fourth-order valence-corrected chi connectivity index (χ4v) is 3.83. The van der Waals surface area contributed by atoms with Crippen molar-refractivity contribution >= 4 is 34.7 Å². The summed E-state index contributed by atoms with van der Waals surface area (Å²) in [6, 6.07) is 3.28. The molecule has 1 aliphatic rings. The number of aliphatic carboxylic acids is 2. The Morgan fingerprint density at radius 3 is 2.24 bits per heavy atom. The molecule has 7 N–H and O–H groups in total. The van der Waals surface area contributed by atoms with Gasteiger partial charge in [0.25, 0.3) is 0 Å². The second-order valence-electron chi connectivity index (χ2n) is 7.73. The van der Waals surface area contributed by atoms with Crippen LogP contribution in [-0.4, -0.2) is 38.3 Å². The van der Waals surface area contributed by atoms with Crippen molar-refractivity contribution < 1.29 is 40.7 Å². The van der Waals surface area contributed by atoms with Crippen LogP contribution in [-0.2, 0) is 9.59 Å². The van der Waals surface area contributed by atoms with Gasteiger partial charge < -0.3 is 20.6 Å². The monoisotopic (exact) mass is 412 g/mol. The van der Waals surface area contributed by atoms with Crippen LogP contribution in [0.2, 0.25) is 0 Å². The molecule has 160 valence electrons. The largest absolute Gasteiger partial charge is 0.595 e. The number of hydrogen-bond acceptors (Lipinski definition) is 8. The summed E-state index contributed by atoms with van der Waals surface area (Å²) in [5.41, 5.74) is -0.670. The van der Waals surface area contributed by atoms with Crippen LogP contribution in [0.1, 0.15) is 33.6 Å². The highest BCUT2D eigenvalue weighted by molar-refractivity contribution is 6.38. The van der Waals surface area contributed by atoms with Crippen molar-refractivity contribution in [3.05, 3.63) is 28.6 Å². The number of nitrogens with one attached hydrogen (secondary N) is 3. The van der Waals surface area contributed by atoms with E-state index in [1.54, 1.807) is 20.8 Å². The molecule has 0 bridgehead atoms. The van der Waals surface area contributed by atoms with E-state index in [4.69, 9.17) is 5.21 Å². The van der Waals surface area contributed by atoms with Crippen LogP contribution in [0.15, 0.2) is 23.3 Å². The van der Waals surface area contributed by atoms with Crippen molar-refractivity contribution in [3.8, 4) is 0 Å². The van der Waals surface area contributed by atoms with Gasteiger partial charge in [-0.2, -0.15) is 15.6 Å². The second kappa shape index (κ2) is 8.02. The van der Waals surface area contributed by atoms with E-state index in [0.29, 0.717) is 0 Å². The van der Waals surface area contributed by atoms with Gasteiger partial charge in [-0.15, -0.1) is 0 Å². The Balaban J connectivity index is 2.46. The van der Waals surface area contributed by atoms with E-state index >= 15 is 0 Å². The highest BCUT2D eigenvalue weighted by Gasteiger charge is 2.58. The topological polar surface area (TPSA) is 194 Å². The summed E-state index contributed by atoms with van der Waals surface area (Å²) >= 11 is 0. The van der Waals surface area contributed by atoms with Gasteiger partial charge >= 0.3 is 11.9 Å². The molecule has 4 atom stereocenters. The molecule has 0 saturated heterocycles. The zero-order valence-corrected chi connectivity index (χ0v) is 16.1. The van der Waals surface area contributed by atoms with Gasteiger partial charge in [-0.25, -0.2) is 15.2 Å². The predicted octanol–water partition coefficient (Wildman–Crippen LogP) is -0.127. The Bertz CT molecular complexity index is 839. The number of hydrazone groups is 1. The van der Waals surface area contributed by atoms with Gasteiger partial charge in [-0.05, 0) is 24.3 Å². The molecule has 2 unspecified atom stereocenters. The van der Waals surface area contributed by atoms with E-state index in [9.17, 15) is 35.4 Å². The van der Waals surface area contributed by atoms with E-state index < -0.39 is 44.8 Å². The van der Waals surface area contributed by atoms with Crippen molar-refractivity contribution in [2.24, 2.45) is 21.8 Å². The maximum absolute atomic E-state index is 11.9. The standard InChI is InChI=1S/C17H24N4O8/c1-16(2)10(14(22)23)6-7-17(16,3)13(15(24)25)19-18-11-5-4-9(20(26)27)8-12(11)21(28)29/h4-5,8,10,18,20-21,26,28H,6-7H2,1-3H3,(H,22,23)(H,24,25)/t10-,17+/m1/s1. The summed E-state index contributed by atoms with van der Waals surface area (Å²) in [6.07, 6.45) is 0.548. The molecule has 0 spiro atoms. The van der Waals surface area contributed by atoms with Crippen molar-refractivity contribution in [3.63, 3.8) is 0 Å². The molecule has 1 aromatic rings. The number of quaternary nitrogens is 2. The quantitative estimate of drug-likeness (QED) is 0.236. The lowest BCUT2D eigenvalue weighted by molar-refractivity contribution is -0.996. The molecule has 1 aliphatic carbocycles. The van der Waals surface area contributed by atoms with Crippen LogP contribution in [0.3, 0.4) is 0 Å². The van der Waals surface area contributed by atoms with E-state index in [0.717, 1.165) is 12.1 Å². The number of carboxylic acids is 2. The fraction of sp³-hybridized carbons (Fsp3) is 0.471. The van der Waals surface area contributed by atoms with Gasteiger partial charge in [0, 0.05) is 11.5 Å². The Labute approximate surface area is 165 Å². The van der Waals surface area contributed by atoms with Gasteiger partial charge in [0.05, 0.1) is 12.0 Å². The highest BCUT2D eigenvalue weighted by Crippen LogP contribution is 2.56. The molecule has 0 radical (unpaired) electrons. The zero-order chi connectivity index (χ0) is 22.1. The van der Waals surface area contributed by atoms with Crippen molar-refractivity contribution in [1.29, 1.82) is 0 Å². The second-order valence-corrected chi connectivity index (χ2v) is 7.73.